The zero-order chi connectivity index (χ0) is 16.8. The number of fused-ring (bicyclic) bond motifs is 1. The fourth-order valence-corrected chi connectivity index (χ4v) is 4.96. The van der Waals surface area contributed by atoms with Crippen LogP contribution >= 0.6 is 22.6 Å². The Morgan fingerprint density at radius 1 is 1.09 bits per heavy atom. The highest BCUT2D eigenvalue weighted by Gasteiger charge is 2.22. The molecule has 0 bridgehead atoms. The van der Waals surface area contributed by atoms with E-state index >= 15 is 0 Å². The predicted molar refractivity (Wildman–Crippen MR) is 98.4 cm³/mol. The summed E-state index contributed by atoms with van der Waals surface area (Å²) in [6, 6.07) is 9.70. The van der Waals surface area contributed by atoms with Gasteiger partial charge >= 0.3 is 0 Å². The minimum Gasteiger partial charge on any atom is -0.306 e. The number of halogens is 1. The standard InChI is InChI=1S/C16H15IN2O3S/c1-3-18-15(20)9-8-14-16(18)13(17)10-19(14)23(21,22)12-6-4-11(2)5-7-12/h4-10H,3H2,1-2H3. The third kappa shape index (κ3) is 2.61. The lowest BCUT2D eigenvalue weighted by molar-refractivity contribution is 0.589. The summed E-state index contributed by atoms with van der Waals surface area (Å²) in [5.74, 6) is 0. The van der Waals surface area contributed by atoms with Crippen LogP contribution in [0.3, 0.4) is 0 Å². The molecule has 0 amide bonds. The lowest BCUT2D eigenvalue weighted by Gasteiger charge is -2.09. The molecule has 0 unspecified atom stereocenters. The van der Waals surface area contributed by atoms with E-state index in [1.165, 1.54) is 10.0 Å². The van der Waals surface area contributed by atoms with Crippen molar-refractivity contribution in [2.24, 2.45) is 0 Å². The molecule has 0 aliphatic heterocycles. The van der Waals surface area contributed by atoms with E-state index in [2.05, 4.69) is 22.6 Å². The number of pyridine rings is 1. The molecule has 7 heteroatoms. The molecule has 3 rings (SSSR count). The van der Waals surface area contributed by atoms with Crippen LogP contribution in [-0.4, -0.2) is 17.0 Å². The predicted octanol–water partition coefficient (Wildman–Crippen LogP) is 2.97. The number of benzene rings is 1. The lowest BCUT2D eigenvalue weighted by Crippen LogP contribution is -2.19. The second kappa shape index (κ2) is 5.79. The Morgan fingerprint density at radius 2 is 1.74 bits per heavy atom. The summed E-state index contributed by atoms with van der Waals surface area (Å²) in [6.45, 7) is 4.26. The van der Waals surface area contributed by atoms with Crippen LogP contribution < -0.4 is 5.56 Å². The number of hydrogen-bond donors (Lipinski definition) is 0. The van der Waals surface area contributed by atoms with Crippen LogP contribution in [0.1, 0.15) is 12.5 Å². The normalized spacial score (nSPS) is 12.0. The van der Waals surface area contributed by atoms with Crippen molar-refractivity contribution in [3.63, 3.8) is 0 Å². The van der Waals surface area contributed by atoms with Crippen LogP contribution in [0.4, 0.5) is 0 Å². The Hall–Kier alpha value is -1.61. The maximum Gasteiger partial charge on any atom is 0.268 e. The topological polar surface area (TPSA) is 61.1 Å². The zero-order valence-corrected chi connectivity index (χ0v) is 15.6. The van der Waals surface area contributed by atoms with E-state index in [-0.39, 0.29) is 10.5 Å². The first kappa shape index (κ1) is 16.3. The number of rotatable bonds is 3. The molecule has 0 saturated carbocycles. The van der Waals surface area contributed by atoms with Gasteiger partial charge in [-0.1, -0.05) is 17.7 Å². The highest BCUT2D eigenvalue weighted by atomic mass is 127. The summed E-state index contributed by atoms with van der Waals surface area (Å²) in [5, 5.41) is 0. The summed E-state index contributed by atoms with van der Waals surface area (Å²) >= 11 is 2.06. The van der Waals surface area contributed by atoms with E-state index in [1.54, 1.807) is 41.1 Å². The maximum atomic E-state index is 12.9. The lowest BCUT2D eigenvalue weighted by atomic mass is 10.2. The van der Waals surface area contributed by atoms with E-state index in [0.29, 0.717) is 17.6 Å². The van der Waals surface area contributed by atoms with Crippen molar-refractivity contribution in [3.05, 3.63) is 62.1 Å². The molecule has 0 spiro atoms. The summed E-state index contributed by atoms with van der Waals surface area (Å²) in [6.07, 6.45) is 1.56. The molecule has 3 aromatic rings. The molecule has 0 fully saturated rings. The second-order valence-electron chi connectivity index (χ2n) is 5.24. The van der Waals surface area contributed by atoms with Gasteiger partial charge in [0.25, 0.3) is 15.6 Å². The smallest absolute Gasteiger partial charge is 0.268 e. The number of hydrogen-bond acceptors (Lipinski definition) is 3. The quantitative estimate of drug-likeness (QED) is 0.587. The summed E-state index contributed by atoms with van der Waals surface area (Å²) < 4.78 is 29.4. The van der Waals surface area contributed by atoms with Gasteiger partial charge in [-0.3, -0.25) is 4.79 Å². The van der Waals surface area contributed by atoms with Gasteiger partial charge in [-0.2, -0.15) is 0 Å². The highest BCUT2D eigenvalue weighted by Crippen LogP contribution is 2.26. The highest BCUT2D eigenvalue weighted by molar-refractivity contribution is 14.1. The van der Waals surface area contributed by atoms with Crippen LogP contribution in [-0.2, 0) is 16.6 Å². The van der Waals surface area contributed by atoms with E-state index < -0.39 is 10.0 Å². The van der Waals surface area contributed by atoms with E-state index in [1.807, 2.05) is 13.8 Å². The van der Waals surface area contributed by atoms with Crippen molar-refractivity contribution in [2.45, 2.75) is 25.3 Å². The van der Waals surface area contributed by atoms with Crippen LogP contribution in [0.25, 0.3) is 11.0 Å². The Kier molecular flexibility index (Phi) is 4.09. The molecule has 2 aromatic heterocycles. The van der Waals surface area contributed by atoms with Crippen molar-refractivity contribution in [1.82, 2.24) is 8.54 Å². The maximum absolute atomic E-state index is 12.9. The molecule has 0 saturated heterocycles. The molecule has 0 radical (unpaired) electrons. The monoisotopic (exact) mass is 442 g/mol. The molecule has 2 heterocycles. The molecule has 23 heavy (non-hydrogen) atoms. The minimum absolute atomic E-state index is 0.136. The molecule has 0 atom stereocenters. The van der Waals surface area contributed by atoms with Crippen LogP contribution in [0.5, 0.6) is 0 Å². The van der Waals surface area contributed by atoms with Crippen LogP contribution in [0, 0.1) is 10.5 Å². The van der Waals surface area contributed by atoms with Gasteiger partial charge in [0.05, 0.1) is 19.5 Å². The van der Waals surface area contributed by atoms with Gasteiger partial charge in [0.15, 0.2) is 0 Å². The minimum atomic E-state index is -3.70. The van der Waals surface area contributed by atoms with Crippen molar-refractivity contribution in [3.8, 4) is 0 Å². The van der Waals surface area contributed by atoms with Gasteiger partial charge < -0.3 is 4.57 Å². The average molecular weight is 442 g/mol. The molecular formula is C16H15IN2O3S. The van der Waals surface area contributed by atoms with Gasteiger partial charge in [-0.15, -0.1) is 0 Å². The summed E-state index contributed by atoms with van der Waals surface area (Å²) in [5.41, 5.74) is 2.02. The largest absolute Gasteiger partial charge is 0.306 e. The fraction of sp³-hybridized carbons (Fsp3) is 0.188. The van der Waals surface area contributed by atoms with Crippen molar-refractivity contribution in [1.29, 1.82) is 0 Å². The summed E-state index contributed by atoms with van der Waals surface area (Å²) in [7, 11) is -3.70. The average Bonchev–Trinajstić information content (AvgIpc) is 2.86. The van der Waals surface area contributed by atoms with Gasteiger partial charge in [0.1, 0.15) is 0 Å². The molecule has 1 aromatic carbocycles. The molecule has 0 aliphatic rings. The first-order valence-corrected chi connectivity index (χ1v) is 9.61. The summed E-state index contributed by atoms with van der Waals surface area (Å²) in [4.78, 5) is 12.2. The Labute approximate surface area is 147 Å². The third-order valence-electron chi connectivity index (χ3n) is 3.75. The SMILES string of the molecule is CCn1c(=O)ccc2c1c(I)cn2S(=O)(=O)c1ccc(C)cc1. The molecule has 0 aliphatic carbocycles. The fourth-order valence-electron chi connectivity index (χ4n) is 2.57. The van der Waals surface area contributed by atoms with Gasteiger partial charge in [0, 0.05) is 18.8 Å². The van der Waals surface area contributed by atoms with Gasteiger partial charge in [0.2, 0.25) is 0 Å². The number of aromatic nitrogens is 2. The van der Waals surface area contributed by atoms with Crippen molar-refractivity contribution in [2.75, 3.05) is 0 Å². The number of aryl methyl sites for hydroxylation is 2. The number of nitrogens with zero attached hydrogens (tertiary/aromatic N) is 2. The van der Waals surface area contributed by atoms with E-state index in [0.717, 1.165) is 9.13 Å². The first-order valence-electron chi connectivity index (χ1n) is 7.09. The molecule has 5 nitrogen and oxygen atoms in total. The van der Waals surface area contributed by atoms with E-state index in [4.69, 9.17) is 0 Å². The van der Waals surface area contributed by atoms with Crippen LogP contribution in [0.2, 0.25) is 0 Å². The molecule has 0 N–H and O–H groups in total. The van der Waals surface area contributed by atoms with E-state index in [9.17, 15) is 13.2 Å². The Morgan fingerprint density at radius 3 is 2.35 bits per heavy atom. The zero-order valence-electron chi connectivity index (χ0n) is 12.7. The van der Waals surface area contributed by atoms with Crippen molar-refractivity contribution < 1.29 is 8.42 Å². The molecule has 120 valence electrons. The Bertz CT molecular complexity index is 1050. The molecular weight excluding hydrogens is 427 g/mol. The van der Waals surface area contributed by atoms with Crippen molar-refractivity contribution >= 4 is 43.6 Å². The van der Waals surface area contributed by atoms with Gasteiger partial charge in [-0.05, 0) is 54.6 Å². The Balaban J connectivity index is 2.33. The third-order valence-corrected chi connectivity index (χ3v) is 6.23. The van der Waals surface area contributed by atoms with Crippen LogP contribution in [0.15, 0.2) is 52.3 Å². The first-order chi connectivity index (χ1) is 10.9. The second-order valence-corrected chi connectivity index (χ2v) is 8.22. The van der Waals surface area contributed by atoms with Gasteiger partial charge in [-0.25, -0.2) is 12.4 Å².